The zero-order valence-electron chi connectivity index (χ0n) is 15.9. The molecule has 8 heteroatoms. The lowest BCUT2D eigenvalue weighted by Crippen LogP contribution is -2.38. The standard InChI is InChI=1S/C19H25N5O2.HI/c1-4-20-19(21-11-17-23-13(2)14(3)26-17)22-12-18(25)24-10-9-15-7-5-6-8-16(15)24;/h5-8H,4,9-12H2,1-3H3,(H2,20,21,22);1H. The number of oxazole rings is 1. The minimum absolute atomic E-state index is 0. The first-order valence-corrected chi connectivity index (χ1v) is 8.92. The normalized spacial score (nSPS) is 13.1. The van der Waals surface area contributed by atoms with E-state index in [2.05, 4.69) is 26.7 Å². The number of benzene rings is 1. The van der Waals surface area contributed by atoms with Crippen molar-refractivity contribution in [3.63, 3.8) is 0 Å². The van der Waals surface area contributed by atoms with Crippen LogP contribution in [0, 0.1) is 13.8 Å². The average molecular weight is 483 g/mol. The lowest BCUT2D eigenvalue weighted by molar-refractivity contribution is -0.117. The molecule has 0 saturated carbocycles. The van der Waals surface area contributed by atoms with Crippen molar-refractivity contribution in [2.45, 2.75) is 33.7 Å². The maximum absolute atomic E-state index is 12.6. The molecule has 0 aliphatic carbocycles. The van der Waals surface area contributed by atoms with E-state index in [1.165, 1.54) is 5.56 Å². The number of aromatic nitrogens is 1. The third-order valence-corrected chi connectivity index (χ3v) is 4.38. The number of nitrogens with zero attached hydrogens (tertiary/aromatic N) is 3. The highest BCUT2D eigenvalue weighted by atomic mass is 127. The summed E-state index contributed by atoms with van der Waals surface area (Å²) >= 11 is 0. The monoisotopic (exact) mass is 483 g/mol. The van der Waals surface area contributed by atoms with Crippen molar-refractivity contribution in [1.29, 1.82) is 0 Å². The molecule has 2 N–H and O–H groups in total. The summed E-state index contributed by atoms with van der Waals surface area (Å²) in [5.74, 6) is 1.98. The summed E-state index contributed by atoms with van der Waals surface area (Å²) in [7, 11) is 0. The smallest absolute Gasteiger partial charge is 0.248 e. The van der Waals surface area contributed by atoms with Crippen molar-refractivity contribution >= 4 is 41.5 Å². The Kier molecular flexibility index (Phi) is 7.64. The van der Waals surface area contributed by atoms with Crippen molar-refractivity contribution in [3.05, 3.63) is 47.2 Å². The van der Waals surface area contributed by atoms with E-state index in [9.17, 15) is 4.79 Å². The van der Waals surface area contributed by atoms with E-state index in [0.717, 1.165) is 23.6 Å². The summed E-state index contributed by atoms with van der Waals surface area (Å²) in [4.78, 5) is 23.1. The Balaban J connectivity index is 0.00000261. The van der Waals surface area contributed by atoms with E-state index in [1.54, 1.807) is 0 Å². The second-order valence-corrected chi connectivity index (χ2v) is 6.22. The van der Waals surface area contributed by atoms with Crippen LogP contribution in [0.15, 0.2) is 33.7 Å². The third kappa shape index (κ3) is 5.21. The van der Waals surface area contributed by atoms with E-state index in [1.807, 2.05) is 43.9 Å². The van der Waals surface area contributed by atoms with Gasteiger partial charge in [-0.05, 0) is 38.8 Å². The van der Waals surface area contributed by atoms with E-state index in [0.29, 0.717) is 31.5 Å². The molecule has 2 heterocycles. The molecule has 0 fully saturated rings. The second kappa shape index (κ2) is 9.72. The van der Waals surface area contributed by atoms with Crippen molar-refractivity contribution < 1.29 is 9.21 Å². The number of carbonyl (C=O) groups excluding carboxylic acids is 1. The van der Waals surface area contributed by atoms with Gasteiger partial charge in [-0.2, -0.15) is 0 Å². The van der Waals surface area contributed by atoms with Gasteiger partial charge in [-0.15, -0.1) is 24.0 Å². The molecule has 146 valence electrons. The quantitative estimate of drug-likeness (QED) is 0.388. The number of para-hydroxylation sites is 1. The highest BCUT2D eigenvalue weighted by Gasteiger charge is 2.23. The number of hydrogen-bond donors (Lipinski definition) is 2. The molecule has 0 unspecified atom stereocenters. The van der Waals surface area contributed by atoms with Gasteiger partial charge in [-0.1, -0.05) is 18.2 Å². The maximum atomic E-state index is 12.6. The topological polar surface area (TPSA) is 82.8 Å². The number of hydrogen-bond acceptors (Lipinski definition) is 4. The van der Waals surface area contributed by atoms with Crippen LogP contribution in [0.1, 0.15) is 29.8 Å². The molecule has 1 aromatic carbocycles. The number of aliphatic imine (C=N–C) groups is 1. The summed E-state index contributed by atoms with van der Waals surface area (Å²) in [6.45, 7) is 7.71. The molecule has 0 atom stereocenters. The summed E-state index contributed by atoms with van der Waals surface area (Å²) in [6.07, 6.45) is 0.896. The Morgan fingerprint density at radius 3 is 2.78 bits per heavy atom. The summed E-state index contributed by atoms with van der Waals surface area (Å²) in [5, 5.41) is 6.29. The Bertz CT molecular complexity index is 799. The van der Waals surface area contributed by atoms with Gasteiger partial charge < -0.3 is 20.0 Å². The molecule has 0 saturated heterocycles. The van der Waals surface area contributed by atoms with Gasteiger partial charge in [0.15, 0.2) is 5.96 Å². The number of rotatable bonds is 5. The van der Waals surface area contributed by atoms with Gasteiger partial charge in [0.2, 0.25) is 11.8 Å². The van der Waals surface area contributed by atoms with Crippen molar-refractivity contribution in [2.24, 2.45) is 4.99 Å². The van der Waals surface area contributed by atoms with Crippen LogP contribution in [0.5, 0.6) is 0 Å². The SMILES string of the molecule is CCNC(=NCC(=O)N1CCc2ccccc21)NCc1nc(C)c(C)o1.I. The fourth-order valence-electron chi connectivity index (χ4n) is 2.95. The summed E-state index contributed by atoms with van der Waals surface area (Å²) in [6, 6.07) is 8.02. The van der Waals surface area contributed by atoms with Gasteiger partial charge in [0, 0.05) is 18.8 Å². The highest BCUT2D eigenvalue weighted by molar-refractivity contribution is 14.0. The van der Waals surface area contributed by atoms with Crippen LogP contribution in [0.25, 0.3) is 0 Å². The Morgan fingerprint density at radius 2 is 2.07 bits per heavy atom. The number of nitrogens with one attached hydrogen (secondary N) is 2. The number of amides is 1. The molecule has 0 bridgehead atoms. The fourth-order valence-corrected chi connectivity index (χ4v) is 2.95. The molecule has 1 aromatic heterocycles. The van der Waals surface area contributed by atoms with Crippen LogP contribution in [-0.4, -0.2) is 36.5 Å². The fraction of sp³-hybridized carbons (Fsp3) is 0.421. The predicted molar refractivity (Wildman–Crippen MR) is 117 cm³/mol. The molecule has 0 radical (unpaired) electrons. The highest BCUT2D eigenvalue weighted by Crippen LogP contribution is 2.27. The minimum Gasteiger partial charge on any atom is -0.444 e. The zero-order chi connectivity index (χ0) is 18.5. The van der Waals surface area contributed by atoms with Crippen LogP contribution in [0.2, 0.25) is 0 Å². The summed E-state index contributed by atoms with van der Waals surface area (Å²) in [5.41, 5.74) is 3.09. The van der Waals surface area contributed by atoms with Crippen LogP contribution < -0.4 is 15.5 Å². The number of fused-ring (bicyclic) bond motifs is 1. The third-order valence-electron chi connectivity index (χ3n) is 4.38. The van der Waals surface area contributed by atoms with Crippen LogP contribution >= 0.6 is 24.0 Å². The Labute approximate surface area is 176 Å². The number of guanidine groups is 1. The minimum atomic E-state index is -0.00466. The molecule has 1 aliphatic rings. The molecule has 0 spiro atoms. The van der Waals surface area contributed by atoms with E-state index in [4.69, 9.17) is 4.42 Å². The second-order valence-electron chi connectivity index (χ2n) is 6.22. The van der Waals surface area contributed by atoms with Gasteiger partial charge in [-0.3, -0.25) is 4.79 Å². The van der Waals surface area contributed by atoms with Crippen LogP contribution in [0.4, 0.5) is 5.69 Å². The molecular weight excluding hydrogens is 457 g/mol. The average Bonchev–Trinajstić information content (AvgIpc) is 3.20. The lowest BCUT2D eigenvalue weighted by Gasteiger charge is -2.16. The first-order chi connectivity index (χ1) is 12.6. The Hall–Kier alpha value is -2.10. The lowest BCUT2D eigenvalue weighted by atomic mass is 10.2. The first-order valence-electron chi connectivity index (χ1n) is 8.92. The number of aryl methyl sites for hydroxylation is 2. The van der Waals surface area contributed by atoms with Crippen LogP contribution in [0.3, 0.4) is 0 Å². The van der Waals surface area contributed by atoms with Crippen molar-refractivity contribution in [1.82, 2.24) is 15.6 Å². The maximum Gasteiger partial charge on any atom is 0.248 e. The number of carbonyl (C=O) groups is 1. The van der Waals surface area contributed by atoms with E-state index < -0.39 is 0 Å². The number of anilines is 1. The van der Waals surface area contributed by atoms with Gasteiger partial charge in [-0.25, -0.2) is 9.98 Å². The van der Waals surface area contributed by atoms with Gasteiger partial charge in [0.1, 0.15) is 12.3 Å². The predicted octanol–water partition coefficient (Wildman–Crippen LogP) is 2.55. The van der Waals surface area contributed by atoms with Crippen molar-refractivity contribution in [3.8, 4) is 0 Å². The van der Waals surface area contributed by atoms with Crippen molar-refractivity contribution in [2.75, 3.05) is 24.5 Å². The molecule has 1 amide bonds. The zero-order valence-corrected chi connectivity index (χ0v) is 18.2. The molecule has 3 rings (SSSR count). The molecule has 1 aliphatic heterocycles. The van der Waals surface area contributed by atoms with Gasteiger partial charge in [0.25, 0.3) is 0 Å². The molecule has 2 aromatic rings. The Morgan fingerprint density at radius 1 is 1.30 bits per heavy atom. The molecule has 27 heavy (non-hydrogen) atoms. The first kappa shape index (κ1) is 21.2. The molecular formula is C19H26IN5O2. The van der Waals surface area contributed by atoms with E-state index in [-0.39, 0.29) is 36.4 Å². The molecule has 7 nitrogen and oxygen atoms in total. The number of halogens is 1. The summed E-state index contributed by atoms with van der Waals surface area (Å²) < 4.78 is 5.56. The largest absolute Gasteiger partial charge is 0.444 e. The van der Waals surface area contributed by atoms with Gasteiger partial charge >= 0.3 is 0 Å². The van der Waals surface area contributed by atoms with Gasteiger partial charge in [0.05, 0.1) is 12.2 Å². The van der Waals surface area contributed by atoms with Crippen LogP contribution in [-0.2, 0) is 17.8 Å². The van der Waals surface area contributed by atoms with E-state index >= 15 is 0 Å².